The number of carboxylic acids is 2. The molecule has 7 nitrogen and oxygen atoms in total. The van der Waals surface area contributed by atoms with E-state index in [1.165, 1.54) is 0 Å². The minimum atomic E-state index is -1.28. The van der Waals surface area contributed by atoms with Gasteiger partial charge in [0.25, 0.3) is 0 Å². The van der Waals surface area contributed by atoms with Crippen LogP contribution in [0.2, 0.25) is 5.02 Å². The fraction of sp³-hybridized carbons (Fsp3) is 0.308. The Morgan fingerprint density at radius 1 is 1.24 bits per heavy atom. The van der Waals surface area contributed by atoms with Gasteiger partial charge in [0, 0.05) is 18.0 Å². The standard InChI is InChI=1S/C13H15ClN2O5/c14-9-3-1-2-8(6-9)7-15-13(21)16-10(12(19)20)4-5-11(17)18/h1-3,6,10H,4-5,7H2,(H,17,18)(H,19,20)(H2,15,16,21). The van der Waals surface area contributed by atoms with E-state index in [4.69, 9.17) is 21.8 Å². The summed E-state index contributed by atoms with van der Waals surface area (Å²) in [6.07, 6.45) is -0.527. The van der Waals surface area contributed by atoms with Gasteiger partial charge >= 0.3 is 18.0 Å². The van der Waals surface area contributed by atoms with Gasteiger partial charge in [0.05, 0.1) is 0 Å². The molecule has 0 aliphatic rings. The third kappa shape index (κ3) is 6.62. The first kappa shape index (κ1) is 16.8. The Bertz CT molecular complexity index is 535. The zero-order valence-electron chi connectivity index (χ0n) is 11.0. The SMILES string of the molecule is O=C(O)CCC(NC(=O)NCc1cccc(Cl)c1)C(=O)O. The van der Waals surface area contributed by atoms with E-state index in [1.807, 2.05) is 0 Å². The van der Waals surface area contributed by atoms with Crippen molar-refractivity contribution in [3.63, 3.8) is 0 Å². The maximum Gasteiger partial charge on any atom is 0.326 e. The molecule has 0 aliphatic heterocycles. The van der Waals surface area contributed by atoms with E-state index in [9.17, 15) is 14.4 Å². The monoisotopic (exact) mass is 314 g/mol. The summed E-state index contributed by atoms with van der Waals surface area (Å²) in [4.78, 5) is 32.9. The first-order valence-electron chi connectivity index (χ1n) is 6.12. The molecule has 0 saturated heterocycles. The number of rotatable bonds is 7. The van der Waals surface area contributed by atoms with Crippen LogP contribution in [-0.2, 0) is 16.1 Å². The highest BCUT2D eigenvalue weighted by Gasteiger charge is 2.20. The van der Waals surface area contributed by atoms with Gasteiger partial charge in [-0.05, 0) is 24.1 Å². The Kier molecular flexibility index (Phi) is 6.48. The number of urea groups is 1. The number of hydrogen-bond donors (Lipinski definition) is 4. The van der Waals surface area contributed by atoms with Crippen LogP contribution < -0.4 is 10.6 Å². The van der Waals surface area contributed by atoms with Crippen LogP contribution in [0.3, 0.4) is 0 Å². The fourth-order valence-corrected chi connectivity index (χ4v) is 1.78. The maximum atomic E-state index is 11.6. The fourth-order valence-electron chi connectivity index (χ4n) is 1.56. The van der Waals surface area contributed by atoms with Gasteiger partial charge in [-0.25, -0.2) is 9.59 Å². The second-order valence-electron chi connectivity index (χ2n) is 4.28. The van der Waals surface area contributed by atoms with E-state index in [-0.39, 0.29) is 19.4 Å². The number of amides is 2. The molecule has 1 aromatic rings. The van der Waals surface area contributed by atoms with Crippen molar-refractivity contribution >= 4 is 29.6 Å². The molecule has 1 aromatic carbocycles. The Labute approximate surface area is 125 Å². The molecule has 0 spiro atoms. The van der Waals surface area contributed by atoms with Crippen LogP contribution in [0.1, 0.15) is 18.4 Å². The quantitative estimate of drug-likeness (QED) is 0.608. The van der Waals surface area contributed by atoms with Crippen molar-refractivity contribution in [2.24, 2.45) is 0 Å². The number of carbonyl (C=O) groups excluding carboxylic acids is 1. The van der Waals surface area contributed by atoms with Crippen LogP contribution >= 0.6 is 11.6 Å². The molecule has 0 heterocycles. The van der Waals surface area contributed by atoms with Crippen molar-refractivity contribution in [3.8, 4) is 0 Å². The van der Waals surface area contributed by atoms with E-state index in [0.717, 1.165) is 5.56 Å². The largest absolute Gasteiger partial charge is 0.481 e. The second-order valence-corrected chi connectivity index (χ2v) is 4.72. The Hall–Kier alpha value is -2.28. The summed E-state index contributed by atoms with van der Waals surface area (Å²) in [5, 5.41) is 22.6. The molecule has 2 amide bonds. The first-order chi connectivity index (χ1) is 9.88. The highest BCUT2D eigenvalue weighted by atomic mass is 35.5. The minimum absolute atomic E-state index is 0.178. The molecule has 0 fully saturated rings. The zero-order valence-corrected chi connectivity index (χ0v) is 11.8. The smallest absolute Gasteiger partial charge is 0.326 e. The number of benzene rings is 1. The summed E-state index contributed by atoms with van der Waals surface area (Å²) >= 11 is 5.80. The van der Waals surface area contributed by atoms with Gasteiger partial charge in [0.2, 0.25) is 0 Å². The summed E-state index contributed by atoms with van der Waals surface area (Å²) in [6, 6.07) is 4.90. The highest BCUT2D eigenvalue weighted by Crippen LogP contribution is 2.10. The van der Waals surface area contributed by atoms with Crippen molar-refractivity contribution in [1.82, 2.24) is 10.6 Å². The van der Waals surface area contributed by atoms with Crippen LogP contribution in [0.5, 0.6) is 0 Å². The Morgan fingerprint density at radius 3 is 2.52 bits per heavy atom. The molecule has 0 aromatic heterocycles. The topological polar surface area (TPSA) is 116 Å². The zero-order chi connectivity index (χ0) is 15.8. The lowest BCUT2D eigenvalue weighted by atomic mass is 10.1. The van der Waals surface area contributed by atoms with E-state index in [2.05, 4.69) is 10.6 Å². The van der Waals surface area contributed by atoms with Gasteiger partial charge in [0.1, 0.15) is 6.04 Å². The molecule has 8 heteroatoms. The summed E-state index contributed by atoms with van der Waals surface area (Å²) in [6.45, 7) is 0.178. The van der Waals surface area contributed by atoms with Crippen molar-refractivity contribution in [2.45, 2.75) is 25.4 Å². The molecule has 0 radical (unpaired) electrons. The molecule has 4 N–H and O–H groups in total. The third-order valence-electron chi connectivity index (χ3n) is 2.59. The first-order valence-corrected chi connectivity index (χ1v) is 6.49. The van der Waals surface area contributed by atoms with E-state index < -0.39 is 24.0 Å². The Balaban J connectivity index is 2.46. The van der Waals surface area contributed by atoms with Crippen LogP contribution in [-0.4, -0.2) is 34.2 Å². The Morgan fingerprint density at radius 2 is 1.95 bits per heavy atom. The van der Waals surface area contributed by atoms with Gasteiger partial charge in [-0.3, -0.25) is 4.79 Å². The van der Waals surface area contributed by atoms with E-state index >= 15 is 0 Å². The number of halogens is 1. The molecular weight excluding hydrogens is 300 g/mol. The molecule has 1 atom stereocenters. The van der Waals surface area contributed by atoms with E-state index in [1.54, 1.807) is 24.3 Å². The van der Waals surface area contributed by atoms with Gasteiger partial charge < -0.3 is 20.8 Å². The minimum Gasteiger partial charge on any atom is -0.481 e. The molecule has 1 rings (SSSR count). The number of nitrogens with one attached hydrogen (secondary N) is 2. The van der Waals surface area contributed by atoms with E-state index in [0.29, 0.717) is 5.02 Å². The van der Waals surface area contributed by atoms with Gasteiger partial charge in [-0.15, -0.1) is 0 Å². The molecule has 114 valence electrons. The van der Waals surface area contributed by atoms with Gasteiger partial charge in [-0.1, -0.05) is 23.7 Å². The second kappa shape index (κ2) is 8.11. The number of aliphatic carboxylic acids is 2. The molecule has 1 unspecified atom stereocenters. The van der Waals surface area contributed by atoms with Crippen molar-refractivity contribution < 1.29 is 24.6 Å². The predicted molar refractivity (Wildman–Crippen MR) is 75.1 cm³/mol. The lowest BCUT2D eigenvalue weighted by Gasteiger charge is -2.14. The lowest BCUT2D eigenvalue weighted by molar-refractivity contribution is -0.140. The van der Waals surface area contributed by atoms with Crippen LogP contribution in [0, 0.1) is 0 Å². The molecule has 0 saturated carbocycles. The van der Waals surface area contributed by atoms with Gasteiger partial charge in [0.15, 0.2) is 0 Å². The number of carbonyl (C=O) groups is 3. The van der Waals surface area contributed by atoms with Crippen LogP contribution in [0.25, 0.3) is 0 Å². The maximum absolute atomic E-state index is 11.6. The molecule has 0 aliphatic carbocycles. The van der Waals surface area contributed by atoms with Gasteiger partial charge in [-0.2, -0.15) is 0 Å². The van der Waals surface area contributed by atoms with Crippen LogP contribution in [0.15, 0.2) is 24.3 Å². The normalized spacial score (nSPS) is 11.5. The van der Waals surface area contributed by atoms with Crippen molar-refractivity contribution in [1.29, 1.82) is 0 Å². The molecule has 0 bridgehead atoms. The summed E-state index contributed by atoms with van der Waals surface area (Å²) in [5.41, 5.74) is 0.759. The third-order valence-corrected chi connectivity index (χ3v) is 2.83. The van der Waals surface area contributed by atoms with Crippen LogP contribution in [0.4, 0.5) is 4.79 Å². The summed E-state index contributed by atoms with van der Waals surface area (Å²) in [5.74, 6) is -2.41. The predicted octanol–water partition coefficient (Wildman–Crippen LogP) is 1.46. The molecular formula is C13H15ClN2O5. The lowest BCUT2D eigenvalue weighted by Crippen LogP contribution is -2.46. The highest BCUT2D eigenvalue weighted by molar-refractivity contribution is 6.30. The average molecular weight is 315 g/mol. The number of carboxylic acid groups (broad SMARTS) is 2. The van der Waals surface area contributed by atoms with Crippen molar-refractivity contribution in [3.05, 3.63) is 34.9 Å². The molecule has 21 heavy (non-hydrogen) atoms. The summed E-state index contributed by atoms with van der Waals surface area (Å²) in [7, 11) is 0. The summed E-state index contributed by atoms with van der Waals surface area (Å²) < 4.78 is 0. The average Bonchev–Trinajstić information content (AvgIpc) is 2.40. The number of hydrogen-bond acceptors (Lipinski definition) is 3. The van der Waals surface area contributed by atoms with Crippen molar-refractivity contribution in [2.75, 3.05) is 0 Å².